The molecule has 2 N–H and O–H groups in total. The lowest BCUT2D eigenvalue weighted by Crippen LogP contribution is -2.36. The topological polar surface area (TPSA) is 58.3 Å². The zero-order chi connectivity index (χ0) is 12.8. The van der Waals surface area contributed by atoms with E-state index in [2.05, 4.69) is 4.98 Å². The van der Waals surface area contributed by atoms with E-state index < -0.39 is 30.2 Å². The zero-order valence-corrected chi connectivity index (χ0v) is 8.99. The molecule has 0 amide bonds. The molecule has 0 spiro atoms. The Bertz CT molecular complexity index is 480. The van der Waals surface area contributed by atoms with Crippen molar-refractivity contribution in [3.05, 3.63) is 23.3 Å². The summed E-state index contributed by atoms with van der Waals surface area (Å²) in [5, 5.41) is 18.0. The van der Waals surface area contributed by atoms with Gasteiger partial charge < -0.3 is 14.8 Å². The van der Waals surface area contributed by atoms with Gasteiger partial charge in [-0.15, -0.1) is 0 Å². The molecule has 0 bridgehead atoms. The number of fused-ring (bicyclic) bond motifs is 1. The van der Waals surface area contributed by atoms with Crippen LogP contribution in [0.3, 0.4) is 0 Å². The van der Waals surface area contributed by atoms with Crippen molar-refractivity contribution in [2.75, 3.05) is 0 Å². The van der Waals surface area contributed by atoms with E-state index in [0.717, 1.165) is 17.8 Å². The van der Waals surface area contributed by atoms with Crippen LogP contribution in [0.5, 0.6) is 0 Å². The normalized spacial score (nSPS) is 24.4. The van der Waals surface area contributed by atoms with Crippen molar-refractivity contribution in [3.63, 3.8) is 0 Å². The minimum atomic E-state index is -2.28. The van der Waals surface area contributed by atoms with E-state index in [9.17, 15) is 13.2 Å². The van der Waals surface area contributed by atoms with Gasteiger partial charge in [-0.2, -0.15) is 0 Å². The van der Waals surface area contributed by atoms with Crippen LogP contribution in [0.25, 0.3) is 5.83 Å². The molecule has 1 aromatic heterocycles. The van der Waals surface area contributed by atoms with Crippen molar-refractivity contribution in [1.29, 1.82) is 0 Å². The molecular weight excluding hydrogens is 237 g/mol. The molecule has 1 atom stereocenters. The highest BCUT2D eigenvalue weighted by molar-refractivity contribution is 5.67. The van der Waals surface area contributed by atoms with Gasteiger partial charge in [0.25, 0.3) is 0 Å². The van der Waals surface area contributed by atoms with Gasteiger partial charge in [0.15, 0.2) is 18.9 Å². The van der Waals surface area contributed by atoms with Crippen molar-refractivity contribution in [2.45, 2.75) is 32.1 Å². The number of halogens is 3. The van der Waals surface area contributed by atoms with Gasteiger partial charge in [0, 0.05) is 6.42 Å². The fourth-order valence-corrected chi connectivity index (χ4v) is 2.03. The highest BCUT2D eigenvalue weighted by atomic mass is 19.1. The number of hydrogen-bond acceptors (Lipinski definition) is 3. The lowest BCUT2D eigenvalue weighted by atomic mass is 9.85. The van der Waals surface area contributed by atoms with Crippen molar-refractivity contribution < 1.29 is 23.4 Å². The van der Waals surface area contributed by atoms with E-state index in [1.807, 2.05) is 0 Å². The van der Waals surface area contributed by atoms with E-state index in [-0.39, 0.29) is 17.8 Å². The SMILES string of the molecule is CC1(F)Cc2c(ncn2CF)C(F)=C1C(O)O. The molecule has 1 unspecified atom stereocenters. The zero-order valence-electron chi connectivity index (χ0n) is 8.99. The molecule has 7 heteroatoms. The second-order valence-corrected chi connectivity index (χ2v) is 4.10. The molecule has 0 aromatic carbocycles. The van der Waals surface area contributed by atoms with E-state index >= 15 is 0 Å². The summed E-state index contributed by atoms with van der Waals surface area (Å²) in [5.74, 6) is -1.14. The maximum atomic E-state index is 14.1. The first-order valence-electron chi connectivity index (χ1n) is 4.94. The number of rotatable bonds is 2. The smallest absolute Gasteiger partial charge is 0.180 e. The lowest BCUT2D eigenvalue weighted by molar-refractivity contribution is -0.0284. The van der Waals surface area contributed by atoms with Crippen LogP contribution in [0.4, 0.5) is 13.2 Å². The fraction of sp³-hybridized carbons (Fsp3) is 0.500. The van der Waals surface area contributed by atoms with Crippen molar-refractivity contribution >= 4 is 5.83 Å². The molecule has 94 valence electrons. The van der Waals surface area contributed by atoms with Crippen LogP contribution < -0.4 is 0 Å². The third-order valence-electron chi connectivity index (χ3n) is 2.84. The van der Waals surface area contributed by atoms with E-state index in [1.165, 1.54) is 0 Å². The van der Waals surface area contributed by atoms with Gasteiger partial charge in [0.05, 0.1) is 17.6 Å². The quantitative estimate of drug-likeness (QED) is 0.770. The van der Waals surface area contributed by atoms with Crippen molar-refractivity contribution in [3.8, 4) is 0 Å². The van der Waals surface area contributed by atoms with Crippen LogP contribution in [-0.2, 0) is 13.2 Å². The molecule has 0 saturated carbocycles. The number of hydrogen-bond donors (Lipinski definition) is 2. The average molecular weight is 248 g/mol. The van der Waals surface area contributed by atoms with Crippen LogP contribution in [0.15, 0.2) is 11.9 Å². The molecular formula is C10H11F3N2O2. The number of nitrogens with zero attached hydrogens (tertiary/aromatic N) is 2. The largest absolute Gasteiger partial charge is 0.364 e. The fourth-order valence-electron chi connectivity index (χ4n) is 2.03. The summed E-state index contributed by atoms with van der Waals surface area (Å²) >= 11 is 0. The highest BCUT2D eigenvalue weighted by Crippen LogP contribution is 2.40. The third-order valence-corrected chi connectivity index (χ3v) is 2.84. The Kier molecular flexibility index (Phi) is 2.75. The van der Waals surface area contributed by atoms with Crippen LogP contribution >= 0.6 is 0 Å². The third kappa shape index (κ3) is 1.75. The van der Waals surface area contributed by atoms with Gasteiger partial charge >= 0.3 is 0 Å². The second-order valence-electron chi connectivity index (χ2n) is 4.10. The van der Waals surface area contributed by atoms with Crippen LogP contribution in [-0.4, -0.2) is 31.7 Å². The number of alkyl halides is 2. The maximum Gasteiger partial charge on any atom is 0.180 e. The average Bonchev–Trinajstić information content (AvgIpc) is 2.58. The molecule has 1 heterocycles. The van der Waals surface area contributed by atoms with Gasteiger partial charge in [-0.25, -0.2) is 18.2 Å². The Labute approximate surface area is 95.0 Å². The predicted molar refractivity (Wildman–Crippen MR) is 52.8 cm³/mol. The van der Waals surface area contributed by atoms with E-state index in [1.54, 1.807) is 0 Å². The van der Waals surface area contributed by atoms with Crippen LogP contribution in [0.2, 0.25) is 0 Å². The van der Waals surface area contributed by atoms with Gasteiger partial charge in [-0.3, -0.25) is 0 Å². The Balaban J connectivity index is 2.63. The maximum absolute atomic E-state index is 14.1. The number of imidazole rings is 1. The Hall–Kier alpha value is -1.34. The molecule has 0 fully saturated rings. The van der Waals surface area contributed by atoms with Crippen LogP contribution in [0.1, 0.15) is 18.3 Å². The minimum Gasteiger partial charge on any atom is -0.364 e. The second kappa shape index (κ2) is 3.85. The summed E-state index contributed by atoms with van der Waals surface area (Å²) < 4.78 is 41.5. The first-order chi connectivity index (χ1) is 7.88. The number of aliphatic hydroxyl groups excluding tert-OH is 1. The molecule has 2 rings (SSSR count). The standard InChI is InChI=1S/C10H11F3N2O2/c1-10(13)2-5-8(14-4-15(5)3-11)7(12)6(10)9(16)17/h4,9,16-17H,2-3H2,1H3. The summed E-state index contributed by atoms with van der Waals surface area (Å²) in [7, 11) is 0. The highest BCUT2D eigenvalue weighted by Gasteiger charge is 2.43. The number of aliphatic hydroxyl groups is 2. The molecule has 1 aliphatic carbocycles. The molecule has 4 nitrogen and oxygen atoms in total. The summed E-state index contributed by atoms with van der Waals surface area (Å²) in [6, 6.07) is 0. The molecule has 0 radical (unpaired) electrons. The lowest BCUT2D eigenvalue weighted by Gasteiger charge is -2.29. The van der Waals surface area contributed by atoms with E-state index in [0.29, 0.717) is 0 Å². The van der Waals surface area contributed by atoms with Crippen LogP contribution in [0, 0.1) is 0 Å². The molecule has 17 heavy (non-hydrogen) atoms. The Morgan fingerprint density at radius 1 is 1.59 bits per heavy atom. The molecule has 0 aliphatic heterocycles. The minimum absolute atomic E-state index is 0.0689. The Morgan fingerprint density at radius 3 is 2.76 bits per heavy atom. The Morgan fingerprint density at radius 2 is 2.24 bits per heavy atom. The van der Waals surface area contributed by atoms with Crippen molar-refractivity contribution in [2.24, 2.45) is 0 Å². The molecule has 1 aliphatic rings. The monoisotopic (exact) mass is 248 g/mol. The number of aromatic nitrogens is 2. The first-order valence-corrected chi connectivity index (χ1v) is 4.94. The van der Waals surface area contributed by atoms with Gasteiger partial charge in [-0.05, 0) is 6.92 Å². The molecule has 0 saturated heterocycles. The van der Waals surface area contributed by atoms with Crippen molar-refractivity contribution in [1.82, 2.24) is 9.55 Å². The van der Waals surface area contributed by atoms with E-state index in [4.69, 9.17) is 10.2 Å². The summed E-state index contributed by atoms with van der Waals surface area (Å²) in [4.78, 5) is 3.61. The first kappa shape index (κ1) is 12.1. The van der Waals surface area contributed by atoms with Gasteiger partial charge in [0.2, 0.25) is 0 Å². The summed E-state index contributed by atoms with van der Waals surface area (Å²) in [6.07, 6.45) is -1.55. The molecule has 1 aromatic rings. The van der Waals surface area contributed by atoms with Gasteiger partial charge in [0.1, 0.15) is 11.4 Å². The van der Waals surface area contributed by atoms with Gasteiger partial charge in [-0.1, -0.05) is 0 Å². The summed E-state index contributed by atoms with van der Waals surface area (Å²) in [6.45, 7) is 0.0720. The predicted octanol–water partition coefficient (Wildman–Crippen LogP) is 1.09. The summed E-state index contributed by atoms with van der Waals surface area (Å²) in [5.41, 5.74) is -3.22.